The Balaban J connectivity index is 1.98. The van der Waals surface area contributed by atoms with E-state index in [1.165, 1.54) is 76.6 Å². The highest BCUT2D eigenvalue weighted by Crippen LogP contribution is 2.23. The van der Waals surface area contributed by atoms with Crippen LogP contribution < -0.4 is 16.2 Å². The molecule has 1 aliphatic rings. The summed E-state index contributed by atoms with van der Waals surface area (Å²) in [5, 5.41) is 65.0. The van der Waals surface area contributed by atoms with E-state index in [9.17, 15) is 45.2 Å². The van der Waals surface area contributed by atoms with Gasteiger partial charge in [0.1, 0.15) is 31.0 Å². The van der Waals surface area contributed by atoms with Crippen LogP contribution in [0.1, 0.15) is 99.9 Å². The molecule has 1 saturated heterocycles. The average Bonchev–Trinajstić information content (AvgIpc) is 3.10. The Morgan fingerprint density at radius 3 is 2.24 bits per heavy atom. The Bertz CT molecular complexity index is 1190. The summed E-state index contributed by atoms with van der Waals surface area (Å²) in [5.74, 6) is -0.603. The zero-order chi connectivity index (χ0) is 36.9. The van der Waals surface area contributed by atoms with Crippen LogP contribution in [0.25, 0.3) is 0 Å². The summed E-state index contributed by atoms with van der Waals surface area (Å²) in [6.45, 7) is 0.540. The van der Waals surface area contributed by atoms with Crippen LogP contribution in [0.5, 0.6) is 0 Å². The number of aliphatic hydroxyl groups is 5. The number of ether oxygens (including phenoxy) is 3. The number of hydrogen-bond donors (Lipinski definition) is 8. The summed E-state index contributed by atoms with van der Waals surface area (Å²) in [4.78, 5) is 35.8. The fraction of sp³-hybridized carbons (Fsp3) is 0.706. The van der Waals surface area contributed by atoms with Crippen molar-refractivity contribution < 1.29 is 54.3 Å². The van der Waals surface area contributed by atoms with Crippen LogP contribution >= 0.6 is 0 Å². The first-order valence-corrected chi connectivity index (χ1v) is 17.5. The van der Waals surface area contributed by atoms with Crippen molar-refractivity contribution in [3.63, 3.8) is 0 Å². The molecule has 1 aromatic rings. The van der Waals surface area contributed by atoms with Crippen molar-refractivity contribution >= 4 is 17.7 Å². The molecule has 284 valence electrons. The minimum atomic E-state index is -1.70. The number of nitro benzene ring substituents is 1. The van der Waals surface area contributed by atoms with E-state index in [2.05, 4.69) is 23.1 Å². The number of aliphatic hydroxyl groups excluding tert-OH is 5. The van der Waals surface area contributed by atoms with Crippen molar-refractivity contribution in [2.24, 2.45) is 0 Å². The van der Waals surface area contributed by atoms with Gasteiger partial charge in [-0.05, 0) is 25.0 Å². The molecule has 0 aromatic heterocycles. The molecule has 50 heavy (non-hydrogen) atoms. The molecule has 1 aromatic carbocycles. The molecule has 0 spiro atoms. The van der Waals surface area contributed by atoms with E-state index < -0.39 is 85.3 Å². The van der Waals surface area contributed by atoms with Gasteiger partial charge < -0.3 is 45.1 Å². The molecular weight excluding hydrogens is 656 g/mol. The van der Waals surface area contributed by atoms with Crippen LogP contribution in [0.4, 0.5) is 10.5 Å². The molecule has 16 heteroatoms. The third-order valence-electron chi connectivity index (χ3n) is 8.45. The molecule has 3 unspecified atom stereocenters. The summed E-state index contributed by atoms with van der Waals surface area (Å²) >= 11 is 0. The Morgan fingerprint density at radius 2 is 1.64 bits per heavy atom. The van der Waals surface area contributed by atoms with E-state index in [4.69, 9.17) is 14.2 Å². The van der Waals surface area contributed by atoms with E-state index in [1.807, 2.05) is 0 Å². The molecule has 2 amide bonds. The fourth-order valence-corrected chi connectivity index (χ4v) is 5.44. The number of rotatable bonds is 24. The summed E-state index contributed by atoms with van der Waals surface area (Å²) in [7, 11) is 1.46. The highest BCUT2D eigenvalue weighted by Gasteiger charge is 2.44. The molecular formula is C34H56N4O12. The summed E-state index contributed by atoms with van der Waals surface area (Å²) in [5.41, 5.74) is 4.31. The Hall–Kier alpha value is -3.22. The second kappa shape index (κ2) is 24.1. The van der Waals surface area contributed by atoms with Gasteiger partial charge in [0.05, 0.1) is 35.8 Å². The van der Waals surface area contributed by atoms with Gasteiger partial charge in [-0.1, -0.05) is 83.3 Å². The molecule has 7 atom stereocenters. The SMILES string of the molecule is CCCCCCCCCCCCC/C=C/[C@@H](O)[C@H](CO[C@@H]1OC(CO)[C@H](O)C(O)C1O)NC(=O)OCc1ccc(C(=O)NNC)cc1[N+](=O)[O-]. The molecule has 0 radical (unpaired) electrons. The molecule has 0 bridgehead atoms. The number of benzene rings is 1. The normalized spacial score (nSPS) is 21.9. The van der Waals surface area contributed by atoms with Gasteiger partial charge in [-0.3, -0.25) is 20.3 Å². The van der Waals surface area contributed by atoms with E-state index >= 15 is 0 Å². The molecule has 16 nitrogen and oxygen atoms in total. The lowest BCUT2D eigenvalue weighted by Crippen LogP contribution is -2.60. The van der Waals surface area contributed by atoms with Crippen LogP contribution in [-0.4, -0.2) is 106 Å². The highest BCUT2D eigenvalue weighted by atomic mass is 16.7. The van der Waals surface area contributed by atoms with Gasteiger partial charge in [-0.15, -0.1) is 0 Å². The lowest BCUT2D eigenvalue weighted by Gasteiger charge is -2.40. The van der Waals surface area contributed by atoms with E-state index in [-0.39, 0.29) is 11.1 Å². The molecule has 8 N–H and O–H groups in total. The van der Waals surface area contributed by atoms with Crippen molar-refractivity contribution in [2.75, 3.05) is 20.3 Å². The molecule has 2 rings (SSSR count). The van der Waals surface area contributed by atoms with Gasteiger partial charge in [0.15, 0.2) is 6.29 Å². The maximum absolute atomic E-state index is 12.8. The minimum absolute atomic E-state index is 0.00712. The maximum Gasteiger partial charge on any atom is 0.407 e. The molecule has 0 aliphatic carbocycles. The Morgan fingerprint density at radius 1 is 1.00 bits per heavy atom. The number of hydrazine groups is 1. The number of carbonyl (C=O) groups excluding carboxylic acids is 2. The minimum Gasteiger partial charge on any atom is -0.444 e. The van der Waals surface area contributed by atoms with Gasteiger partial charge in [0, 0.05) is 18.7 Å². The average molecular weight is 713 g/mol. The topological polar surface area (TPSA) is 242 Å². The largest absolute Gasteiger partial charge is 0.444 e. The molecule has 1 fully saturated rings. The van der Waals surface area contributed by atoms with E-state index in [1.54, 1.807) is 6.08 Å². The summed E-state index contributed by atoms with van der Waals surface area (Å²) < 4.78 is 16.1. The van der Waals surface area contributed by atoms with Crippen molar-refractivity contribution in [1.82, 2.24) is 16.2 Å². The fourth-order valence-electron chi connectivity index (χ4n) is 5.44. The van der Waals surface area contributed by atoms with Gasteiger partial charge in [0.2, 0.25) is 0 Å². The number of unbranched alkanes of at least 4 members (excludes halogenated alkanes) is 11. The number of carbonyl (C=O) groups is 2. The number of hydrogen-bond acceptors (Lipinski definition) is 13. The number of allylic oxidation sites excluding steroid dienone is 1. The quantitative estimate of drug-likeness (QED) is 0.0333. The third-order valence-corrected chi connectivity index (χ3v) is 8.45. The van der Waals surface area contributed by atoms with Gasteiger partial charge in [-0.2, -0.15) is 0 Å². The van der Waals surface area contributed by atoms with Crippen molar-refractivity contribution in [3.8, 4) is 0 Å². The van der Waals surface area contributed by atoms with Crippen molar-refractivity contribution in [2.45, 2.75) is 133 Å². The first-order chi connectivity index (χ1) is 24.0. The lowest BCUT2D eigenvalue weighted by atomic mass is 9.99. The standard InChI is InChI=1S/C34H56N4O12/c1-3-4-5-6-7-8-9-10-11-12-13-14-15-16-27(40)25(22-48-33-31(43)30(42)29(41)28(20-39)50-33)36-34(45)49-21-24-18-17-23(32(44)37-35-2)19-26(24)38(46)47/h15-19,25,27-31,33,35,39-43H,3-14,20-22H2,1-2H3,(H,36,45)(H,37,44)/b16-15+/t25-,27+,28?,29-,30?,31?,33+/m0/s1. The number of amides is 2. The van der Waals surface area contributed by atoms with Crippen molar-refractivity contribution in [3.05, 3.63) is 51.6 Å². The Kier molecular flexibility index (Phi) is 20.7. The molecule has 0 saturated carbocycles. The van der Waals surface area contributed by atoms with Crippen LogP contribution in [0, 0.1) is 10.1 Å². The number of nitrogens with zero attached hydrogens (tertiary/aromatic N) is 1. The second-order valence-corrected chi connectivity index (χ2v) is 12.4. The third kappa shape index (κ3) is 14.9. The van der Waals surface area contributed by atoms with Crippen LogP contribution in [0.2, 0.25) is 0 Å². The van der Waals surface area contributed by atoms with E-state index in [0.717, 1.165) is 25.3 Å². The zero-order valence-corrected chi connectivity index (χ0v) is 29.1. The predicted octanol–water partition coefficient (Wildman–Crippen LogP) is 2.49. The molecule has 1 aliphatic heterocycles. The number of alkyl carbamates (subject to hydrolysis) is 1. The first kappa shape index (κ1) is 42.9. The highest BCUT2D eigenvalue weighted by molar-refractivity contribution is 5.94. The summed E-state index contributed by atoms with van der Waals surface area (Å²) in [6, 6.07) is 2.48. The van der Waals surface area contributed by atoms with Crippen LogP contribution in [0.3, 0.4) is 0 Å². The lowest BCUT2D eigenvalue weighted by molar-refractivity contribution is -0.385. The number of nitro groups is 1. The van der Waals surface area contributed by atoms with Crippen molar-refractivity contribution in [1.29, 1.82) is 0 Å². The second-order valence-electron chi connectivity index (χ2n) is 12.4. The molecule has 1 heterocycles. The predicted molar refractivity (Wildman–Crippen MR) is 183 cm³/mol. The number of nitrogens with one attached hydrogen (secondary N) is 3. The van der Waals surface area contributed by atoms with Crippen LogP contribution in [-0.2, 0) is 20.8 Å². The van der Waals surface area contributed by atoms with Gasteiger partial charge in [-0.25, -0.2) is 10.2 Å². The van der Waals surface area contributed by atoms with Gasteiger partial charge >= 0.3 is 6.09 Å². The summed E-state index contributed by atoms with van der Waals surface area (Å²) in [6.07, 6.45) is 7.05. The van der Waals surface area contributed by atoms with Gasteiger partial charge in [0.25, 0.3) is 11.6 Å². The van der Waals surface area contributed by atoms with Crippen LogP contribution in [0.15, 0.2) is 30.4 Å². The zero-order valence-electron chi connectivity index (χ0n) is 29.1. The maximum atomic E-state index is 12.8. The monoisotopic (exact) mass is 712 g/mol. The smallest absolute Gasteiger partial charge is 0.407 e. The van der Waals surface area contributed by atoms with E-state index in [0.29, 0.717) is 6.42 Å². The Labute approximate surface area is 293 Å². The first-order valence-electron chi connectivity index (χ1n) is 17.5.